The van der Waals surface area contributed by atoms with Crippen molar-refractivity contribution in [2.45, 2.75) is 0 Å². The molecule has 1 aliphatic heterocycles. The number of amides is 4. The summed E-state index contributed by atoms with van der Waals surface area (Å²) in [6.45, 7) is 0. The van der Waals surface area contributed by atoms with E-state index >= 15 is 0 Å². The van der Waals surface area contributed by atoms with Crippen LogP contribution in [0, 0.1) is 20.8 Å². The maximum atomic E-state index is 12.7. The zero-order chi connectivity index (χ0) is 18.7. The lowest BCUT2D eigenvalue weighted by molar-refractivity contribution is -0.131. The van der Waals surface area contributed by atoms with Gasteiger partial charge in [-0.1, -0.05) is 0 Å². The highest BCUT2D eigenvalue weighted by Gasteiger charge is 2.40. The van der Waals surface area contributed by atoms with Gasteiger partial charge in [-0.25, -0.2) is 9.69 Å². The van der Waals surface area contributed by atoms with E-state index in [0.29, 0.717) is 16.9 Å². The van der Waals surface area contributed by atoms with Crippen molar-refractivity contribution >= 4 is 58.0 Å². The molecule has 0 aromatic heterocycles. The summed E-state index contributed by atoms with van der Waals surface area (Å²) in [5.41, 5.74) is 1.34. The van der Waals surface area contributed by atoms with Crippen molar-refractivity contribution in [3.63, 3.8) is 0 Å². The maximum absolute atomic E-state index is 12.7. The SMILES string of the molecule is N#Cc1ccc(N=C[C@@H]2C(=O)NC(=O)N(c3ccc(I)cc3)C2=O)cc1. The second kappa shape index (κ2) is 7.45. The topological polar surface area (TPSA) is 103 Å². The lowest BCUT2D eigenvalue weighted by atomic mass is 10.1. The van der Waals surface area contributed by atoms with Crippen LogP contribution in [-0.4, -0.2) is 24.1 Å². The average Bonchev–Trinajstić information content (AvgIpc) is 2.63. The average molecular weight is 458 g/mol. The molecule has 1 heterocycles. The van der Waals surface area contributed by atoms with Gasteiger partial charge < -0.3 is 0 Å². The zero-order valence-electron chi connectivity index (χ0n) is 13.2. The number of hydrogen-bond acceptors (Lipinski definition) is 5. The van der Waals surface area contributed by atoms with Crippen molar-refractivity contribution < 1.29 is 14.4 Å². The number of hydrogen-bond donors (Lipinski definition) is 1. The molecule has 2 aromatic carbocycles. The van der Waals surface area contributed by atoms with Crippen LogP contribution in [0.2, 0.25) is 0 Å². The number of rotatable bonds is 3. The molecule has 0 spiro atoms. The second-order valence-electron chi connectivity index (χ2n) is 5.36. The summed E-state index contributed by atoms with van der Waals surface area (Å²) in [6.07, 6.45) is 1.20. The fraction of sp³-hybridized carbons (Fsp3) is 0.0556. The quantitative estimate of drug-likeness (QED) is 0.434. The Morgan fingerprint density at radius 3 is 2.35 bits per heavy atom. The van der Waals surface area contributed by atoms with Gasteiger partial charge in [0.2, 0.25) is 5.91 Å². The minimum atomic E-state index is -1.22. The number of urea groups is 1. The molecule has 0 bridgehead atoms. The third-order valence-electron chi connectivity index (χ3n) is 3.66. The molecule has 1 N–H and O–H groups in total. The van der Waals surface area contributed by atoms with E-state index in [9.17, 15) is 14.4 Å². The summed E-state index contributed by atoms with van der Waals surface area (Å²) in [5.74, 6) is -2.61. The van der Waals surface area contributed by atoms with Gasteiger partial charge in [0.1, 0.15) is 0 Å². The Morgan fingerprint density at radius 2 is 1.73 bits per heavy atom. The Balaban J connectivity index is 1.86. The Morgan fingerprint density at radius 1 is 1.08 bits per heavy atom. The van der Waals surface area contributed by atoms with Crippen molar-refractivity contribution in [1.29, 1.82) is 5.26 Å². The van der Waals surface area contributed by atoms with E-state index in [-0.39, 0.29) is 0 Å². The van der Waals surface area contributed by atoms with E-state index in [1.54, 1.807) is 48.5 Å². The molecule has 8 heteroatoms. The minimum absolute atomic E-state index is 0.372. The number of imide groups is 2. The van der Waals surface area contributed by atoms with E-state index in [4.69, 9.17) is 5.26 Å². The van der Waals surface area contributed by atoms with Gasteiger partial charge >= 0.3 is 6.03 Å². The normalized spacial score (nSPS) is 17.3. The highest BCUT2D eigenvalue weighted by Crippen LogP contribution is 2.22. The molecule has 0 aliphatic carbocycles. The molecule has 1 fully saturated rings. The van der Waals surface area contributed by atoms with Crippen LogP contribution in [0.4, 0.5) is 16.2 Å². The van der Waals surface area contributed by atoms with Crippen LogP contribution in [0.1, 0.15) is 5.56 Å². The van der Waals surface area contributed by atoms with Crippen LogP contribution in [-0.2, 0) is 9.59 Å². The number of nitrogens with zero attached hydrogens (tertiary/aromatic N) is 3. The van der Waals surface area contributed by atoms with Gasteiger partial charge in [0.25, 0.3) is 5.91 Å². The van der Waals surface area contributed by atoms with Gasteiger partial charge in [-0.05, 0) is 71.1 Å². The number of nitriles is 1. The molecule has 0 unspecified atom stereocenters. The number of barbiturate groups is 1. The molecule has 26 heavy (non-hydrogen) atoms. The van der Waals surface area contributed by atoms with Crippen LogP contribution in [0.25, 0.3) is 0 Å². The van der Waals surface area contributed by atoms with Crippen molar-refractivity contribution in [2.24, 2.45) is 10.9 Å². The standard InChI is InChI=1S/C18H11IN4O3/c19-12-3-7-14(8-4-12)23-17(25)15(16(24)22-18(23)26)10-21-13-5-1-11(9-20)2-6-13/h1-8,10,15H,(H,22,24,26)/t15-/m1/s1. The van der Waals surface area contributed by atoms with Gasteiger partial charge in [-0.15, -0.1) is 0 Å². The van der Waals surface area contributed by atoms with E-state index in [1.807, 2.05) is 6.07 Å². The minimum Gasteiger partial charge on any atom is -0.276 e. The number of carbonyl (C=O) groups excluding carboxylic acids is 3. The van der Waals surface area contributed by atoms with Crippen LogP contribution in [0.3, 0.4) is 0 Å². The van der Waals surface area contributed by atoms with Gasteiger partial charge in [-0.3, -0.25) is 19.9 Å². The molecular formula is C18H11IN4O3. The van der Waals surface area contributed by atoms with Crippen molar-refractivity contribution in [2.75, 3.05) is 4.90 Å². The van der Waals surface area contributed by atoms with Crippen LogP contribution in [0.15, 0.2) is 53.5 Å². The van der Waals surface area contributed by atoms with Gasteiger partial charge in [0.15, 0.2) is 5.92 Å². The first-order valence-electron chi connectivity index (χ1n) is 7.48. The molecule has 1 saturated heterocycles. The third-order valence-corrected chi connectivity index (χ3v) is 4.38. The number of halogens is 1. The summed E-state index contributed by atoms with van der Waals surface area (Å²) < 4.78 is 0.950. The maximum Gasteiger partial charge on any atom is 0.335 e. The largest absolute Gasteiger partial charge is 0.335 e. The fourth-order valence-electron chi connectivity index (χ4n) is 2.34. The molecule has 2 aromatic rings. The number of anilines is 1. The van der Waals surface area contributed by atoms with E-state index in [0.717, 1.165) is 8.47 Å². The van der Waals surface area contributed by atoms with Crippen molar-refractivity contribution in [1.82, 2.24) is 5.32 Å². The summed E-state index contributed by atoms with van der Waals surface area (Å²) in [7, 11) is 0. The van der Waals surface area contributed by atoms with Crippen LogP contribution >= 0.6 is 22.6 Å². The summed E-state index contributed by atoms with van der Waals surface area (Å²) in [6, 6.07) is 14.3. The lowest BCUT2D eigenvalue weighted by Gasteiger charge is -2.28. The zero-order valence-corrected chi connectivity index (χ0v) is 15.4. The highest BCUT2D eigenvalue weighted by atomic mass is 127. The Bertz CT molecular complexity index is 946. The molecule has 3 rings (SSSR count). The number of carbonyl (C=O) groups is 3. The van der Waals surface area contributed by atoms with E-state index in [2.05, 4.69) is 32.9 Å². The molecule has 1 atom stereocenters. The molecule has 4 amide bonds. The molecule has 7 nitrogen and oxygen atoms in total. The first kappa shape index (κ1) is 17.8. The van der Waals surface area contributed by atoms with E-state index in [1.165, 1.54) is 6.21 Å². The third kappa shape index (κ3) is 3.62. The molecule has 0 radical (unpaired) electrons. The lowest BCUT2D eigenvalue weighted by Crippen LogP contribution is -2.58. The van der Waals surface area contributed by atoms with Crippen LogP contribution in [0.5, 0.6) is 0 Å². The number of aliphatic imine (C=N–C) groups is 1. The molecule has 0 saturated carbocycles. The van der Waals surface area contributed by atoms with Gasteiger partial charge in [0.05, 0.1) is 23.0 Å². The smallest absolute Gasteiger partial charge is 0.276 e. The molecule has 1 aliphatic rings. The second-order valence-corrected chi connectivity index (χ2v) is 6.60. The Labute approximate surface area is 162 Å². The fourth-order valence-corrected chi connectivity index (χ4v) is 2.70. The van der Waals surface area contributed by atoms with Gasteiger partial charge in [-0.2, -0.15) is 5.26 Å². The number of benzene rings is 2. The Kier molecular flexibility index (Phi) is 5.09. The van der Waals surface area contributed by atoms with Crippen LogP contribution < -0.4 is 10.2 Å². The predicted molar refractivity (Wildman–Crippen MR) is 103 cm³/mol. The summed E-state index contributed by atoms with van der Waals surface area (Å²) >= 11 is 2.11. The molecular weight excluding hydrogens is 447 g/mol. The first-order chi connectivity index (χ1) is 12.5. The first-order valence-corrected chi connectivity index (χ1v) is 8.56. The number of nitrogens with one attached hydrogen (secondary N) is 1. The summed E-state index contributed by atoms with van der Waals surface area (Å²) in [5, 5.41) is 11.0. The summed E-state index contributed by atoms with van der Waals surface area (Å²) in [4.78, 5) is 41.8. The van der Waals surface area contributed by atoms with Gasteiger partial charge in [0, 0.05) is 9.78 Å². The van der Waals surface area contributed by atoms with Crippen molar-refractivity contribution in [3.8, 4) is 6.07 Å². The van der Waals surface area contributed by atoms with E-state index < -0.39 is 23.8 Å². The van der Waals surface area contributed by atoms with Crippen molar-refractivity contribution in [3.05, 3.63) is 57.7 Å². The predicted octanol–water partition coefficient (Wildman–Crippen LogP) is 2.76. The highest BCUT2D eigenvalue weighted by molar-refractivity contribution is 14.1. The molecule has 128 valence electrons. The monoisotopic (exact) mass is 458 g/mol. The Hall–Kier alpha value is -3.06.